The zero-order valence-electron chi connectivity index (χ0n) is 5.36. The minimum absolute atomic E-state index is 0. The fourth-order valence-electron chi connectivity index (χ4n) is 0.0333. The number of rotatable bonds is 2. The summed E-state index contributed by atoms with van der Waals surface area (Å²) in [6.07, 6.45) is 0.944. The first kappa shape index (κ1) is 16.8. The first-order valence-electron chi connectivity index (χ1n) is 1.98. The van der Waals surface area contributed by atoms with Crippen LogP contribution in [0, 0.1) is 5.53 Å². The van der Waals surface area contributed by atoms with E-state index >= 15 is 0 Å². The summed E-state index contributed by atoms with van der Waals surface area (Å²) in [6, 6.07) is 0. The molecule has 0 aliphatic carbocycles. The molecule has 0 aromatic carbocycles. The van der Waals surface area contributed by atoms with Gasteiger partial charge >= 0.3 is 17.1 Å². The molecule has 0 aromatic rings. The van der Waals surface area contributed by atoms with Crippen molar-refractivity contribution in [3.05, 3.63) is 12.0 Å². The van der Waals surface area contributed by atoms with Crippen molar-refractivity contribution in [1.29, 1.82) is 5.53 Å². The Morgan fingerprint density at radius 2 is 2.09 bits per heavy atom. The van der Waals surface area contributed by atoms with Crippen LogP contribution in [0.1, 0.15) is 0 Å². The third-order valence-electron chi connectivity index (χ3n) is 0.260. The molecular formula is C3H7CuN4O2S. The maximum atomic E-state index is 9.25. The minimum atomic E-state index is -2.06. The molecule has 68 valence electrons. The van der Waals surface area contributed by atoms with E-state index in [0.717, 1.165) is 11.7 Å². The zero-order chi connectivity index (χ0) is 8.41. The van der Waals surface area contributed by atoms with Gasteiger partial charge in [-0.15, -0.1) is 5.11 Å². The quantitative estimate of drug-likeness (QED) is 0.131. The van der Waals surface area contributed by atoms with Crippen molar-refractivity contribution in [1.82, 2.24) is 0 Å². The Balaban J connectivity index is -0.000000107. The van der Waals surface area contributed by atoms with E-state index in [9.17, 15) is 8.76 Å². The molecular weight excluding hydrogens is 220 g/mol. The molecule has 6 nitrogen and oxygen atoms in total. The van der Waals surface area contributed by atoms with Crippen molar-refractivity contribution in [2.24, 2.45) is 16.1 Å². The second-order valence-corrected chi connectivity index (χ2v) is 1.68. The van der Waals surface area contributed by atoms with E-state index in [1.165, 1.54) is 0 Å². The van der Waals surface area contributed by atoms with Crippen LogP contribution >= 0.6 is 0 Å². The average molecular weight is 227 g/mol. The molecule has 0 aliphatic rings. The summed E-state index contributed by atoms with van der Waals surface area (Å²) < 4.78 is 18.5. The summed E-state index contributed by atoms with van der Waals surface area (Å²) in [7, 11) is 0. The maximum absolute atomic E-state index is 9.25. The van der Waals surface area contributed by atoms with Crippen molar-refractivity contribution < 1.29 is 25.8 Å². The molecule has 11 heavy (non-hydrogen) atoms. The second-order valence-electron chi connectivity index (χ2n) is 0.821. The fraction of sp³-hybridized carbons (Fsp3) is 0. The normalized spacial score (nSPS) is 10.3. The van der Waals surface area contributed by atoms with Crippen LogP contribution in [0.4, 0.5) is 0 Å². The van der Waals surface area contributed by atoms with Gasteiger partial charge in [-0.25, -0.2) is 5.53 Å². The smallest absolute Gasteiger partial charge is 0.769 e. The first-order chi connectivity index (χ1) is 4.68. The third-order valence-corrected chi connectivity index (χ3v) is 0.533. The number of nitrogens with zero attached hydrogens (tertiary/aromatic N) is 2. The van der Waals surface area contributed by atoms with Crippen LogP contribution in [0.5, 0.6) is 0 Å². The Kier molecular flexibility index (Phi) is 24.8. The number of hydrogen-bond acceptors (Lipinski definition) is 5. The SMILES string of the molecule is C=CS(=O)[O-].N=N/C=N/N.[Cu+]. The van der Waals surface area contributed by atoms with E-state index in [1.807, 2.05) is 0 Å². The molecule has 0 spiro atoms. The van der Waals surface area contributed by atoms with Gasteiger partial charge < -0.3 is 10.4 Å². The summed E-state index contributed by atoms with van der Waals surface area (Å²) in [5.41, 5.74) is 6.00. The van der Waals surface area contributed by atoms with Gasteiger partial charge in [0.15, 0.2) is 6.34 Å². The molecule has 0 saturated heterocycles. The van der Waals surface area contributed by atoms with E-state index in [1.54, 1.807) is 0 Å². The van der Waals surface area contributed by atoms with Crippen LogP contribution in [0.2, 0.25) is 0 Å². The summed E-state index contributed by atoms with van der Waals surface area (Å²) in [4.78, 5) is 0. The first-order valence-corrected chi connectivity index (χ1v) is 3.11. The number of hydrogen-bond donors (Lipinski definition) is 2. The maximum Gasteiger partial charge on any atom is 1.00 e. The van der Waals surface area contributed by atoms with Crippen LogP contribution in [0.3, 0.4) is 0 Å². The largest absolute Gasteiger partial charge is 1.00 e. The van der Waals surface area contributed by atoms with Crippen LogP contribution in [-0.4, -0.2) is 15.1 Å². The fourth-order valence-corrected chi connectivity index (χ4v) is 0.0333. The van der Waals surface area contributed by atoms with Crippen molar-refractivity contribution in [3.8, 4) is 0 Å². The predicted molar refractivity (Wildman–Crippen MR) is 36.9 cm³/mol. The summed E-state index contributed by atoms with van der Waals surface area (Å²) in [5, 5.41) is 6.40. The number of nitrogens with one attached hydrogen (secondary N) is 1. The molecule has 1 unspecified atom stereocenters. The molecule has 0 aliphatic heterocycles. The predicted octanol–water partition coefficient (Wildman–Crippen LogP) is -0.0741. The minimum Gasteiger partial charge on any atom is -0.769 e. The van der Waals surface area contributed by atoms with Gasteiger partial charge in [-0.1, -0.05) is 6.58 Å². The number of hydrazone groups is 1. The zero-order valence-corrected chi connectivity index (χ0v) is 7.12. The average Bonchev–Trinajstić information content (AvgIpc) is 1.91. The summed E-state index contributed by atoms with van der Waals surface area (Å²) in [5.74, 6) is 4.49. The van der Waals surface area contributed by atoms with E-state index in [-0.39, 0.29) is 17.1 Å². The Morgan fingerprint density at radius 3 is 2.09 bits per heavy atom. The van der Waals surface area contributed by atoms with Crippen molar-refractivity contribution in [2.75, 3.05) is 0 Å². The monoisotopic (exact) mass is 226 g/mol. The van der Waals surface area contributed by atoms with Crippen molar-refractivity contribution >= 4 is 17.4 Å². The van der Waals surface area contributed by atoms with E-state index in [0.29, 0.717) is 0 Å². The van der Waals surface area contributed by atoms with Gasteiger partial charge in [-0.2, -0.15) is 5.10 Å². The summed E-state index contributed by atoms with van der Waals surface area (Å²) in [6.45, 7) is 2.95. The topological polar surface area (TPSA) is 115 Å². The van der Waals surface area contributed by atoms with Gasteiger partial charge in [0, 0.05) is 0 Å². The Hall–Kier alpha value is -0.561. The van der Waals surface area contributed by atoms with Crippen LogP contribution in [0.25, 0.3) is 0 Å². The van der Waals surface area contributed by atoms with Gasteiger partial charge in [-0.05, 0) is 16.5 Å². The molecule has 0 saturated carbocycles. The van der Waals surface area contributed by atoms with Gasteiger partial charge in [0.25, 0.3) is 0 Å². The summed E-state index contributed by atoms with van der Waals surface area (Å²) >= 11 is -2.06. The Bertz CT molecular complexity index is 150. The molecule has 0 heterocycles. The number of nitrogens with two attached hydrogens (primary N) is 1. The van der Waals surface area contributed by atoms with Gasteiger partial charge in [0.2, 0.25) is 0 Å². The molecule has 0 amide bonds. The van der Waals surface area contributed by atoms with Crippen molar-refractivity contribution in [2.45, 2.75) is 0 Å². The molecule has 0 bridgehead atoms. The van der Waals surface area contributed by atoms with E-state index in [2.05, 4.69) is 22.6 Å². The van der Waals surface area contributed by atoms with Gasteiger partial charge in [0.05, 0.1) is 0 Å². The van der Waals surface area contributed by atoms with E-state index < -0.39 is 11.1 Å². The van der Waals surface area contributed by atoms with Crippen LogP contribution < -0.4 is 5.84 Å². The molecule has 3 N–H and O–H groups in total. The third kappa shape index (κ3) is 44.2. The van der Waals surface area contributed by atoms with Crippen LogP contribution in [0.15, 0.2) is 22.2 Å². The van der Waals surface area contributed by atoms with Crippen LogP contribution in [-0.2, 0) is 28.1 Å². The molecule has 0 aromatic heterocycles. The molecule has 8 heteroatoms. The standard InChI is InChI=1S/C2H4O2S.CH4N4.Cu/c1-2-5(3)4;2-4-1-5-3;/h2H,1H2,(H,3,4);1-2H,3H2;/q;;+1/p-1/b;4-2?,5-1+;. The van der Waals surface area contributed by atoms with Gasteiger partial charge in [0.1, 0.15) is 0 Å². The molecule has 0 fully saturated rings. The molecule has 0 rings (SSSR count). The Labute approximate surface area is 77.2 Å². The van der Waals surface area contributed by atoms with Gasteiger partial charge in [-0.3, -0.25) is 4.21 Å². The molecule has 0 radical (unpaired) electrons. The molecule has 1 atom stereocenters. The second kappa shape index (κ2) is 16.2. The Morgan fingerprint density at radius 1 is 1.73 bits per heavy atom. The van der Waals surface area contributed by atoms with Crippen molar-refractivity contribution in [3.63, 3.8) is 0 Å². The van der Waals surface area contributed by atoms with E-state index in [4.69, 9.17) is 5.53 Å².